The quantitative estimate of drug-likeness (QED) is 0.0346. The first kappa shape index (κ1) is 104. The number of thiazole rings is 1. The van der Waals surface area contributed by atoms with Gasteiger partial charge in [0, 0.05) is 112 Å². The molecule has 1 aliphatic carbocycles. The number of aromatic nitrogens is 3. The molecule has 30 nitrogen and oxygen atoms in total. The van der Waals surface area contributed by atoms with Crippen LogP contribution >= 0.6 is 22.7 Å². The fourth-order valence-corrected chi connectivity index (χ4v) is 20.7. The lowest BCUT2D eigenvalue weighted by Crippen LogP contribution is -2.52. The number of nitriles is 2. The number of halogens is 2. The zero-order valence-corrected chi connectivity index (χ0v) is 85.3. The fraction of sp³-hybridized carbons (Fsp3) is 0.263. The van der Waals surface area contributed by atoms with Crippen molar-refractivity contribution in [3.05, 3.63) is 356 Å². The van der Waals surface area contributed by atoms with E-state index in [4.69, 9.17) is 53.4 Å². The smallest absolute Gasteiger partial charge is 0.266 e. The molecule has 2 fully saturated rings. The molecule has 0 bridgehead atoms. The number of piperidine rings is 1. The number of hydrogen-bond acceptors (Lipinski definition) is 26. The highest BCUT2D eigenvalue weighted by Crippen LogP contribution is 2.50. The molecule has 0 spiro atoms. The first-order valence-corrected chi connectivity index (χ1v) is 50.0. The zero-order chi connectivity index (χ0) is 105. The first-order valence-electron chi connectivity index (χ1n) is 48.3. The van der Waals surface area contributed by atoms with Gasteiger partial charge in [0.1, 0.15) is 35.0 Å². The molecule has 1 saturated heterocycles. The highest BCUT2D eigenvalue weighted by molar-refractivity contribution is 7.13. The Bertz CT molecular complexity index is 7390. The van der Waals surface area contributed by atoms with E-state index in [1.807, 2.05) is 220 Å². The lowest BCUT2D eigenvalue weighted by molar-refractivity contribution is -0.133. The predicted octanol–water partition coefficient (Wildman–Crippen LogP) is 16.5. The number of amides is 6. The molecule has 34 heteroatoms. The van der Waals surface area contributed by atoms with Crippen molar-refractivity contribution in [2.24, 2.45) is 59.5 Å². The largest absolute Gasteiger partial charge is 0.497 e. The fourth-order valence-electron chi connectivity index (χ4n) is 19.0. The highest BCUT2D eigenvalue weighted by atomic mass is 32.1. The van der Waals surface area contributed by atoms with Crippen molar-refractivity contribution in [2.45, 2.75) is 133 Å². The maximum atomic E-state index is 15.1. The van der Waals surface area contributed by atoms with Gasteiger partial charge in [-0.3, -0.25) is 63.2 Å². The number of likely N-dealkylation sites (N-methyl/N-ethyl adjacent to an activating group) is 2. The summed E-state index contributed by atoms with van der Waals surface area (Å²) in [6.07, 6.45) is 11.4. The van der Waals surface area contributed by atoms with Crippen molar-refractivity contribution in [3.8, 4) is 68.1 Å². The van der Waals surface area contributed by atoms with Crippen LogP contribution in [0.3, 0.4) is 0 Å². The average molecular weight is 2020 g/mol. The Balaban J connectivity index is 0.000000134. The van der Waals surface area contributed by atoms with Gasteiger partial charge in [0.2, 0.25) is 17.7 Å². The summed E-state index contributed by atoms with van der Waals surface area (Å²) < 4.78 is 40.4. The van der Waals surface area contributed by atoms with Crippen LogP contribution in [0.4, 0.5) is 13.9 Å². The van der Waals surface area contributed by atoms with Gasteiger partial charge in [-0.15, -0.1) is 22.7 Å². The molecule has 0 radical (unpaired) electrons. The average Bonchev–Trinajstić information content (AvgIpc) is 1.38. The molecule has 20 rings (SSSR count). The number of benzene rings is 9. The molecule has 6 aliphatic heterocycles. The number of aryl methyl sites for hydroxylation is 1. The Morgan fingerprint density at radius 2 is 1.16 bits per heavy atom. The van der Waals surface area contributed by atoms with E-state index in [0.29, 0.717) is 83.3 Å². The molecule has 2 unspecified atom stereocenters. The van der Waals surface area contributed by atoms with E-state index in [2.05, 4.69) is 59.5 Å². The molecule has 11 N–H and O–H groups in total. The van der Waals surface area contributed by atoms with Crippen LogP contribution in [0, 0.1) is 46.5 Å². The normalized spacial score (nSPS) is 19.3. The second kappa shape index (κ2) is 44.7. The topological polar surface area (TPSA) is 430 Å². The standard InChI is InChI=1S/C30H36N6O3S.C25H22FN5OS.C21H18N4O.C20H19FN4O.C18H19N3O2/c1-19-18-40-29(33-19)32-16-23-8-9-25(39-4)15-26(23)22-6-5-7-24(14-22)30(3)27(38)36(28(31)34-30)17-21-10-12-35(13-11-21)20(2)37;1-25(20-10-19(22(26)33-20)18-9-14(11-27)12-29-13-18)21(23(32)31(2)24(28)30-25)17-7-5-16(6-8-17)15-3-4-15;22-20-24-21(17-7-3-1-4-8-17,18-9-5-2-6-10-18)19(26)25(20)15-16-11-13-23-14-12-16;1-20(12-18(26)25(2)19(23)24-20)15-6-7-17(21)16(11-15)14-5-3-4-13(10-14)8-9-22;1-21-17(22)16(20-18(21)19)10-12-5-3-6-13(9-12)14-7-4-8-15(11-14)23-2/h5-9,14-15,18,21H,10-13,16-17H2,1-4H3,(H2,31,34)(H,32,33);5-10,12-13,15,21H,3-4H2,1-2H3,(H2,28,30);1-14H,15H2,(H2,22,24);3-7,10-11H,8,12H2,1-2H3,(H2,23,24);3-9,11,16H,10H2,1-2H3,(H2,19,20)/t;21-,25+;;20-;/m.0.0./s1. The summed E-state index contributed by atoms with van der Waals surface area (Å²) in [7, 11) is 8.14. The van der Waals surface area contributed by atoms with Crippen LogP contribution in [-0.2, 0) is 76.9 Å². The Kier molecular flexibility index (Phi) is 31.4. The summed E-state index contributed by atoms with van der Waals surface area (Å²) in [6, 6.07) is 79.8. The summed E-state index contributed by atoms with van der Waals surface area (Å²) in [5, 5.41) is 23.9. The molecule has 1 saturated carbocycles. The van der Waals surface area contributed by atoms with E-state index in [1.54, 1.807) is 113 Å². The van der Waals surface area contributed by atoms with Crippen LogP contribution in [0.5, 0.6) is 11.5 Å². The summed E-state index contributed by atoms with van der Waals surface area (Å²) in [4.78, 5) is 122. The number of hydrogen-bond donors (Lipinski definition) is 6. The van der Waals surface area contributed by atoms with Crippen LogP contribution in [0.1, 0.15) is 143 Å². The number of aliphatic imine (C=N–C) groups is 5. The van der Waals surface area contributed by atoms with E-state index < -0.39 is 39.2 Å². The molecule has 10 heterocycles. The number of nitrogens with one attached hydrogen (secondary N) is 1. The van der Waals surface area contributed by atoms with Crippen molar-refractivity contribution in [3.63, 3.8) is 0 Å². The van der Waals surface area contributed by atoms with Crippen LogP contribution in [0.2, 0.25) is 0 Å². The number of nitrogens with zero attached hydrogens (tertiary/aromatic N) is 16. The Hall–Kier alpha value is -17.0. The van der Waals surface area contributed by atoms with Gasteiger partial charge >= 0.3 is 0 Å². The van der Waals surface area contributed by atoms with E-state index in [-0.39, 0.29) is 89.8 Å². The van der Waals surface area contributed by atoms with Crippen molar-refractivity contribution in [1.82, 2.24) is 44.4 Å². The van der Waals surface area contributed by atoms with Gasteiger partial charge in [-0.1, -0.05) is 176 Å². The molecule has 9 aromatic carbocycles. The number of ether oxygens (including phenoxy) is 2. The van der Waals surface area contributed by atoms with Gasteiger partial charge in [0.25, 0.3) is 17.7 Å². The minimum absolute atomic E-state index is 0.0608. The van der Waals surface area contributed by atoms with Gasteiger partial charge in [-0.25, -0.2) is 34.3 Å². The SMILES string of the molecule is CN1C(=O)C[C@@](C)(c2ccc(F)c(-c3cccc(CC#N)c3)c2)N=C1N.CN1C(=O)[C@H](c2ccc(C3CC3)cc2)[C@@](C)(c2cc(-c3cncc(C#N)c3)c(F)s2)N=C1N.COc1ccc(CNc2nc(C)cs2)c(-c2cccc(C3(C)N=C(N)N(CC4CCN(C(C)=O)CC4)C3=O)c2)c1.COc1cccc(-c2cccc(CC3N=C(N)N(C)C3=O)c2)c1.NC1=NC(c2ccccc2)(c2ccccc2)C(=O)N1Cc1ccncc1. The second-order valence-corrected chi connectivity index (χ2v) is 39.6. The molecule has 6 amide bonds. The van der Waals surface area contributed by atoms with Gasteiger partial charge in [-0.05, 0) is 215 Å². The number of rotatable bonds is 23. The van der Waals surface area contributed by atoms with E-state index in [9.17, 15) is 38.4 Å². The second-order valence-electron chi connectivity index (χ2n) is 37.7. The van der Waals surface area contributed by atoms with Crippen molar-refractivity contribution in [1.29, 1.82) is 10.5 Å². The summed E-state index contributed by atoms with van der Waals surface area (Å²) in [5.41, 5.74) is 42.5. The molecule has 13 aromatic rings. The van der Waals surface area contributed by atoms with Gasteiger partial charge < -0.3 is 48.4 Å². The molecular formula is C114H114F2N22O8S2. The zero-order valence-electron chi connectivity index (χ0n) is 83.7. The molecular weight excluding hydrogens is 1910 g/mol. The number of anilines is 1. The number of carbonyl (C=O) groups is 6. The van der Waals surface area contributed by atoms with Crippen molar-refractivity contribution < 1.29 is 47.0 Å². The lowest BCUT2D eigenvalue weighted by atomic mass is 9.77. The summed E-state index contributed by atoms with van der Waals surface area (Å²) >= 11 is 2.52. The highest BCUT2D eigenvalue weighted by Gasteiger charge is 2.53. The van der Waals surface area contributed by atoms with Gasteiger partial charge in [0.15, 0.2) is 51.1 Å². The first-order chi connectivity index (χ1) is 71.1. The number of guanidine groups is 5. The Morgan fingerprint density at radius 1 is 0.547 bits per heavy atom. The Labute approximate surface area is 865 Å². The van der Waals surface area contributed by atoms with Crippen LogP contribution < -0.4 is 43.5 Å². The van der Waals surface area contributed by atoms with E-state index in [0.717, 1.165) is 113 Å². The molecule has 7 aliphatic rings. The molecule has 5 atom stereocenters. The lowest BCUT2D eigenvalue weighted by Gasteiger charge is -2.40. The number of pyridine rings is 2. The van der Waals surface area contributed by atoms with Gasteiger partial charge in [-0.2, -0.15) is 14.9 Å². The maximum Gasteiger partial charge on any atom is 0.266 e. The third-order valence-electron chi connectivity index (χ3n) is 27.7. The van der Waals surface area contributed by atoms with E-state index in [1.165, 1.54) is 56.5 Å². The molecule has 4 aromatic heterocycles. The Morgan fingerprint density at radius 3 is 1.80 bits per heavy atom. The minimum Gasteiger partial charge on any atom is -0.497 e. The third-order valence-corrected chi connectivity index (χ3v) is 29.7. The third kappa shape index (κ3) is 22.6. The number of carbonyl (C=O) groups excluding carboxylic acids is 6. The molecule has 148 heavy (non-hydrogen) atoms. The van der Waals surface area contributed by atoms with Crippen LogP contribution in [0.25, 0.3) is 44.5 Å². The molecule has 754 valence electrons. The van der Waals surface area contributed by atoms with Crippen LogP contribution in [0.15, 0.2) is 298 Å². The van der Waals surface area contributed by atoms with Crippen molar-refractivity contribution >= 4 is 93.0 Å². The van der Waals surface area contributed by atoms with Crippen molar-refractivity contribution in [2.75, 3.05) is 60.3 Å². The summed E-state index contributed by atoms with van der Waals surface area (Å²) in [5.74, 6) is 1.85. The number of nitrogens with two attached hydrogens (primary N) is 5. The minimum atomic E-state index is -1.15. The number of methoxy groups -OCH3 is 2. The summed E-state index contributed by atoms with van der Waals surface area (Å²) in [6.45, 7) is 11.9. The maximum absolute atomic E-state index is 15.1. The number of likely N-dealkylation sites (tertiary alicyclic amines) is 1. The number of thiophene rings is 1. The monoisotopic (exact) mass is 2020 g/mol. The van der Waals surface area contributed by atoms with E-state index >= 15 is 4.39 Å². The van der Waals surface area contributed by atoms with Crippen LogP contribution in [-0.4, -0.2) is 171 Å². The van der Waals surface area contributed by atoms with Gasteiger partial charge in [0.05, 0.1) is 62.4 Å². The predicted molar refractivity (Wildman–Crippen MR) is 571 cm³/mol.